The van der Waals surface area contributed by atoms with Crippen LogP contribution in [0.4, 0.5) is 0 Å². The molecule has 1 amide bonds. The Labute approximate surface area is 217 Å². The first-order valence-corrected chi connectivity index (χ1v) is 13.7. The summed E-state index contributed by atoms with van der Waals surface area (Å²) >= 11 is 0. The highest BCUT2D eigenvalue weighted by molar-refractivity contribution is 5.88. The minimum absolute atomic E-state index is 0.0660. The van der Waals surface area contributed by atoms with Crippen LogP contribution in [0.5, 0.6) is 0 Å². The molecule has 1 heterocycles. The first-order valence-electron chi connectivity index (χ1n) is 13.7. The van der Waals surface area contributed by atoms with Gasteiger partial charge >= 0.3 is 5.97 Å². The number of hydrogen-bond acceptors (Lipinski definition) is 5. The topological polar surface area (TPSA) is 95.9 Å². The van der Waals surface area contributed by atoms with E-state index in [-0.39, 0.29) is 17.9 Å². The van der Waals surface area contributed by atoms with E-state index in [4.69, 9.17) is 4.74 Å². The van der Waals surface area contributed by atoms with Crippen LogP contribution in [0.15, 0.2) is 54.1 Å². The van der Waals surface area contributed by atoms with Crippen molar-refractivity contribution in [3.05, 3.63) is 65.3 Å². The molecule has 1 aliphatic heterocycles. The Kier molecular flexibility index (Phi) is 4.71. The van der Waals surface area contributed by atoms with Crippen LogP contribution < -0.4 is 5.32 Å². The van der Waals surface area contributed by atoms with Gasteiger partial charge in [0.2, 0.25) is 5.91 Å². The molecule has 0 unspecified atom stereocenters. The van der Waals surface area contributed by atoms with Crippen molar-refractivity contribution in [2.75, 3.05) is 0 Å². The maximum absolute atomic E-state index is 14.3. The lowest BCUT2D eigenvalue weighted by Crippen LogP contribution is -2.53. The smallest absolute Gasteiger partial charge is 0.315 e. The van der Waals surface area contributed by atoms with Gasteiger partial charge in [0.05, 0.1) is 11.5 Å². The van der Waals surface area contributed by atoms with E-state index in [2.05, 4.69) is 36.2 Å². The number of ether oxygens (including phenoxy) is 1. The van der Waals surface area contributed by atoms with Gasteiger partial charge in [-0.15, -0.1) is 0 Å². The summed E-state index contributed by atoms with van der Waals surface area (Å²) in [5.41, 5.74) is 3.03. The van der Waals surface area contributed by atoms with Crippen molar-refractivity contribution >= 4 is 17.4 Å². The summed E-state index contributed by atoms with van der Waals surface area (Å²) in [7, 11) is 0. The van der Waals surface area contributed by atoms with Crippen molar-refractivity contribution in [1.82, 2.24) is 5.32 Å². The zero-order valence-corrected chi connectivity index (χ0v) is 21.5. The van der Waals surface area contributed by atoms with Gasteiger partial charge in [-0.2, -0.15) is 0 Å². The van der Waals surface area contributed by atoms with Crippen molar-refractivity contribution in [2.24, 2.45) is 28.6 Å². The number of benzene rings is 1. The average Bonchev–Trinajstić information content (AvgIpc) is 3.47. The van der Waals surface area contributed by atoms with E-state index in [1.807, 2.05) is 19.1 Å². The molecule has 4 fully saturated rings. The van der Waals surface area contributed by atoms with Crippen molar-refractivity contribution in [2.45, 2.75) is 76.2 Å². The molecule has 37 heavy (non-hydrogen) atoms. The highest BCUT2D eigenvalue weighted by atomic mass is 16.6. The van der Waals surface area contributed by atoms with Crippen molar-refractivity contribution in [1.29, 1.82) is 0 Å². The number of rotatable bonds is 4. The molecule has 1 aromatic rings. The zero-order chi connectivity index (χ0) is 25.9. The number of amides is 1. The number of allylic oxidation sites excluding steroid dienone is 2. The molecule has 4 bridgehead atoms. The van der Waals surface area contributed by atoms with Crippen LogP contribution in [-0.4, -0.2) is 45.9 Å². The number of aliphatic hydroxyl groups excluding tert-OH is 1. The van der Waals surface area contributed by atoms with E-state index in [0.29, 0.717) is 19.3 Å². The fraction of sp³-hybridized carbons (Fsp3) is 0.548. The molecule has 194 valence electrons. The number of nitrogens with one attached hydrogen (secondary N) is 1. The first-order chi connectivity index (χ1) is 17.6. The molecule has 6 heteroatoms. The van der Waals surface area contributed by atoms with Crippen LogP contribution in [0.25, 0.3) is 5.57 Å². The summed E-state index contributed by atoms with van der Waals surface area (Å²) in [5.74, 6) is -1.46. The largest absolute Gasteiger partial charge is 0.455 e. The van der Waals surface area contributed by atoms with Gasteiger partial charge in [0.1, 0.15) is 17.6 Å². The summed E-state index contributed by atoms with van der Waals surface area (Å²) in [6.07, 6.45) is 6.56. The monoisotopic (exact) mass is 501 g/mol. The standard InChI is InChI=1S/C31H35NO5/c1-16-14-30-15-31(16,36)11-10-22(30)21-13-23-26(33)29(3,28(35)37-23)24(21)25(30)27(34)32-17(2)12-19-9-8-18-6-4-5-7-20(18)19/h4-7,9,13,17,22-26,33,36H,1,8,10-12,14-15H2,2-3H3,(H,32,34)/t17-,22+,23-,24-,25-,26+,29+,30+,31+/m1/s1. The second kappa shape index (κ2) is 7.45. The fourth-order valence-electron chi connectivity index (χ4n) is 9.14. The van der Waals surface area contributed by atoms with Gasteiger partial charge in [0, 0.05) is 12.0 Å². The highest BCUT2D eigenvalue weighted by Crippen LogP contribution is 2.74. The minimum atomic E-state index is -1.18. The molecular formula is C31H35NO5. The van der Waals surface area contributed by atoms with E-state index in [1.165, 1.54) is 16.7 Å². The normalized spacial score (nSPS) is 43.4. The quantitative estimate of drug-likeness (QED) is 0.434. The van der Waals surface area contributed by atoms with Crippen LogP contribution in [0.3, 0.4) is 0 Å². The predicted molar refractivity (Wildman–Crippen MR) is 138 cm³/mol. The Balaban J connectivity index is 1.24. The minimum Gasteiger partial charge on any atom is -0.455 e. The Morgan fingerprint density at radius 3 is 2.92 bits per heavy atom. The van der Waals surface area contributed by atoms with Gasteiger partial charge in [0.25, 0.3) is 0 Å². The van der Waals surface area contributed by atoms with Crippen molar-refractivity contribution < 1.29 is 24.5 Å². The number of fused-ring (bicyclic) bond motifs is 7. The molecule has 0 radical (unpaired) electrons. The second-order valence-corrected chi connectivity index (χ2v) is 12.7. The highest BCUT2D eigenvalue weighted by Gasteiger charge is 2.75. The van der Waals surface area contributed by atoms with Crippen LogP contribution in [0.2, 0.25) is 0 Å². The van der Waals surface area contributed by atoms with Gasteiger partial charge < -0.3 is 20.3 Å². The van der Waals surface area contributed by atoms with E-state index >= 15 is 0 Å². The van der Waals surface area contributed by atoms with Crippen LogP contribution >= 0.6 is 0 Å². The summed E-state index contributed by atoms with van der Waals surface area (Å²) in [6, 6.07) is 8.28. The Morgan fingerprint density at radius 2 is 2.11 bits per heavy atom. The summed E-state index contributed by atoms with van der Waals surface area (Å²) in [6.45, 7) is 8.03. The van der Waals surface area contributed by atoms with Crippen molar-refractivity contribution in [3.8, 4) is 0 Å². The number of hydrogen-bond donors (Lipinski definition) is 3. The Hall–Kier alpha value is -2.70. The van der Waals surface area contributed by atoms with E-state index in [1.54, 1.807) is 6.92 Å². The van der Waals surface area contributed by atoms with E-state index in [0.717, 1.165) is 30.4 Å². The zero-order valence-electron chi connectivity index (χ0n) is 21.5. The summed E-state index contributed by atoms with van der Waals surface area (Å²) < 4.78 is 5.59. The number of esters is 1. The van der Waals surface area contributed by atoms with Crippen LogP contribution in [0.1, 0.15) is 57.1 Å². The Bertz CT molecular complexity index is 1310. The average molecular weight is 502 g/mol. The molecule has 1 saturated heterocycles. The third-order valence-corrected chi connectivity index (χ3v) is 10.8. The summed E-state index contributed by atoms with van der Waals surface area (Å²) in [5, 5.41) is 25.9. The predicted octanol–water partition coefficient (Wildman–Crippen LogP) is 3.48. The maximum Gasteiger partial charge on any atom is 0.315 e. The molecule has 3 N–H and O–H groups in total. The lowest BCUT2D eigenvalue weighted by atomic mass is 9.60. The number of carbonyl (C=O) groups is 2. The molecule has 7 rings (SSSR count). The Morgan fingerprint density at radius 1 is 1.32 bits per heavy atom. The van der Waals surface area contributed by atoms with Gasteiger partial charge in [-0.25, -0.2) is 0 Å². The molecule has 0 aromatic heterocycles. The molecule has 5 aliphatic carbocycles. The molecule has 6 aliphatic rings. The van der Waals surface area contributed by atoms with Gasteiger partial charge in [-0.1, -0.05) is 42.5 Å². The van der Waals surface area contributed by atoms with Gasteiger partial charge in [0.15, 0.2) is 0 Å². The van der Waals surface area contributed by atoms with Crippen LogP contribution in [-0.2, 0) is 20.7 Å². The second-order valence-electron chi connectivity index (χ2n) is 12.7. The number of carbonyl (C=O) groups excluding carboxylic acids is 2. The molecular weight excluding hydrogens is 466 g/mol. The first kappa shape index (κ1) is 23.4. The lowest BCUT2D eigenvalue weighted by molar-refractivity contribution is -0.151. The third-order valence-electron chi connectivity index (χ3n) is 10.8. The number of aliphatic hydroxyl groups is 2. The van der Waals surface area contributed by atoms with E-state index in [9.17, 15) is 19.8 Å². The molecule has 1 aromatic carbocycles. The maximum atomic E-state index is 14.3. The molecule has 3 saturated carbocycles. The SMILES string of the molecule is C=C1C[C@]23C[C@@]1(O)CC[C@H]2C1=C[C@H]2OC(=O)[C@@](C)([C@H]1[C@@H]3C(=O)N[C@H](C)CC1=CCc3ccccc31)[C@H]2O. The van der Waals surface area contributed by atoms with Crippen molar-refractivity contribution in [3.63, 3.8) is 0 Å². The van der Waals surface area contributed by atoms with Crippen LogP contribution in [0, 0.1) is 28.6 Å². The van der Waals surface area contributed by atoms with Gasteiger partial charge in [-0.3, -0.25) is 9.59 Å². The fourth-order valence-corrected chi connectivity index (χ4v) is 9.14. The molecule has 6 nitrogen and oxygen atoms in total. The van der Waals surface area contributed by atoms with Gasteiger partial charge in [-0.05, 0) is 92.1 Å². The van der Waals surface area contributed by atoms with E-state index < -0.39 is 46.4 Å². The summed E-state index contributed by atoms with van der Waals surface area (Å²) in [4.78, 5) is 27.5. The molecule has 9 atom stereocenters. The lowest BCUT2D eigenvalue weighted by Gasteiger charge is -2.43. The molecule has 1 spiro atoms. The third kappa shape index (κ3) is 2.89.